The molecule has 2 atom stereocenters. The Kier molecular flexibility index (Phi) is 4.66. The Bertz CT molecular complexity index is 524. The van der Waals surface area contributed by atoms with E-state index in [1.807, 2.05) is 0 Å². The van der Waals surface area contributed by atoms with Crippen molar-refractivity contribution in [2.75, 3.05) is 7.05 Å². The van der Waals surface area contributed by atoms with Crippen molar-refractivity contribution in [3.05, 3.63) is 16.3 Å². The Morgan fingerprint density at radius 3 is 2.79 bits per heavy atom. The van der Waals surface area contributed by atoms with Gasteiger partial charge in [-0.15, -0.1) is 11.3 Å². The fraction of sp³-hybridized carbons (Fsp3) is 0.692. The van der Waals surface area contributed by atoms with Crippen molar-refractivity contribution >= 4 is 21.4 Å². The van der Waals surface area contributed by atoms with Crippen molar-refractivity contribution in [2.45, 2.75) is 50.2 Å². The molecule has 1 fully saturated rings. The van der Waals surface area contributed by atoms with E-state index in [4.69, 9.17) is 5.11 Å². The fourth-order valence-corrected chi connectivity index (χ4v) is 5.19. The lowest BCUT2D eigenvalue weighted by atomic mass is 9.87. The van der Waals surface area contributed by atoms with Gasteiger partial charge in [0, 0.05) is 23.3 Å². The number of hydrogen-bond acceptors (Lipinski definition) is 4. The lowest BCUT2D eigenvalue weighted by Gasteiger charge is -2.33. The average molecular weight is 303 g/mol. The minimum atomic E-state index is -3.42. The van der Waals surface area contributed by atoms with Crippen LogP contribution in [0.2, 0.25) is 0 Å². The van der Waals surface area contributed by atoms with Gasteiger partial charge in [-0.1, -0.05) is 19.8 Å². The summed E-state index contributed by atoms with van der Waals surface area (Å²) in [4.78, 5) is 0.992. The van der Waals surface area contributed by atoms with Crippen LogP contribution in [0.15, 0.2) is 16.3 Å². The van der Waals surface area contributed by atoms with Crippen molar-refractivity contribution in [2.24, 2.45) is 5.92 Å². The number of nitrogens with zero attached hydrogens (tertiary/aromatic N) is 1. The smallest absolute Gasteiger partial charge is 0.243 e. The molecule has 0 saturated heterocycles. The van der Waals surface area contributed by atoms with Gasteiger partial charge in [-0.05, 0) is 24.8 Å². The standard InChI is InChI=1S/C13H21NO3S2/c1-10-4-3-5-11(6-10)14(2)19(16,17)13-7-12(8-15)18-9-13/h7,9-11,15H,3-6,8H2,1-2H3. The maximum Gasteiger partial charge on any atom is 0.243 e. The molecule has 0 aromatic carbocycles. The van der Waals surface area contributed by atoms with Crippen LogP contribution < -0.4 is 0 Å². The van der Waals surface area contributed by atoms with Crippen LogP contribution in [0.3, 0.4) is 0 Å². The van der Waals surface area contributed by atoms with E-state index in [0.717, 1.165) is 19.3 Å². The maximum absolute atomic E-state index is 12.5. The second-order valence-corrected chi connectivity index (χ2v) is 8.35. The molecule has 4 nitrogen and oxygen atoms in total. The fourth-order valence-electron chi connectivity index (χ4n) is 2.67. The number of aliphatic hydroxyl groups excluding tert-OH is 1. The molecule has 0 amide bonds. The van der Waals surface area contributed by atoms with Crippen LogP contribution in [0.1, 0.15) is 37.5 Å². The highest BCUT2D eigenvalue weighted by molar-refractivity contribution is 7.89. The van der Waals surface area contributed by atoms with Crippen molar-refractivity contribution in [1.29, 1.82) is 0 Å². The van der Waals surface area contributed by atoms with Gasteiger partial charge in [0.05, 0.1) is 11.5 Å². The van der Waals surface area contributed by atoms with Crippen molar-refractivity contribution in [3.63, 3.8) is 0 Å². The molecule has 2 rings (SSSR count). The van der Waals surface area contributed by atoms with Crippen LogP contribution in [0.4, 0.5) is 0 Å². The predicted molar refractivity (Wildman–Crippen MR) is 76.6 cm³/mol. The summed E-state index contributed by atoms with van der Waals surface area (Å²) in [7, 11) is -1.74. The first kappa shape index (κ1) is 15.0. The molecule has 2 unspecified atom stereocenters. The van der Waals surface area contributed by atoms with Crippen molar-refractivity contribution in [1.82, 2.24) is 4.31 Å². The zero-order valence-electron chi connectivity index (χ0n) is 11.4. The Morgan fingerprint density at radius 1 is 1.47 bits per heavy atom. The molecule has 0 radical (unpaired) electrons. The lowest BCUT2D eigenvalue weighted by molar-refractivity contribution is 0.239. The van der Waals surface area contributed by atoms with Crippen LogP contribution in [0.25, 0.3) is 0 Å². The molecule has 1 N–H and O–H groups in total. The summed E-state index contributed by atoms with van der Waals surface area (Å²) in [6.45, 7) is 2.07. The van der Waals surface area contributed by atoms with E-state index in [2.05, 4.69) is 6.92 Å². The lowest BCUT2D eigenvalue weighted by Crippen LogP contribution is -2.39. The topological polar surface area (TPSA) is 57.6 Å². The van der Waals surface area contributed by atoms with E-state index >= 15 is 0 Å². The Labute approximate surface area is 119 Å². The number of aliphatic hydroxyl groups is 1. The predicted octanol–water partition coefficient (Wildman–Crippen LogP) is 2.44. The number of thiophene rings is 1. The van der Waals surface area contributed by atoms with Gasteiger partial charge in [0.2, 0.25) is 10.0 Å². The average Bonchev–Trinajstić information content (AvgIpc) is 2.87. The summed E-state index contributed by atoms with van der Waals surface area (Å²) < 4.78 is 26.6. The third kappa shape index (κ3) is 3.18. The monoisotopic (exact) mass is 303 g/mol. The zero-order chi connectivity index (χ0) is 14.0. The van der Waals surface area contributed by atoms with Crippen LogP contribution >= 0.6 is 11.3 Å². The van der Waals surface area contributed by atoms with E-state index in [-0.39, 0.29) is 12.6 Å². The summed E-state index contributed by atoms with van der Waals surface area (Å²) in [5.41, 5.74) is 0. The first-order valence-corrected chi connectivity index (χ1v) is 8.93. The van der Waals surface area contributed by atoms with Crippen LogP contribution in [-0.2, 0) is 16.6 Å². The molecule has 6 heteroatoms. The highest BCUT2D eigenvalue weighted by Gasteiger charge is 2.31. The van der Waals surface area contributed by atoms with Crippen LogP contribution in [-0.4, -0.2) is 30.9 Å². The van der Waals surface area contributed by atoms with E-state index in [1.54, 1.807) is 18.5 Å². The summed E-state index contributed by atoms with van der Waals surface area (Å²) in [6.07, 6.45) is 4.17. The minimum absolute atomic E-state index is 0.103. The van der Waals surface area contributed by atoms with Gasteiger partial charge in [-0.25, -0.2) is 8.42 Å². The zero-order valence-corrected chi connectivity index (χ0v) is 13.0. The summed E-state index contributed by atoms with van der Waals surface area (Å²) in [6, 6.07) is 1.68. The van der Waals surface area contributed by atoms with Gasteiger partial charge < -0.3 is 5.11 Å². The highest BCUT2D eigenvalue weighted by atomic mass is 32.2. The normalized spacial score (nSPS) is 24.8. The molecule has 1 heterocycles. The molecule has 1 saturated carbocycles. The number of rotatable bonds is 4. The quantitative estimate of drug-likeness (QED) is 0.929. The van der Waals surface area contributed by atoms with E-state index in [1.165, 1.54) is 22.1 Å². The van der Waals surface area contributed by atoms with Crippen molar-refractivity contribution < 1.29 is 13.5 Å². The maximum atomic E-state index is 12.5. The first-order valence-electron chi connectivity index (χ1n) is 6.61. The molecule has 19 heavy (non-hydrogen) atoms. The first-order chi connectivity index (χ1) is 8.95. The highest BCUT2D eigenvalue weighted by Crippen LogP contribution is 2.31. The molecule has 1 aromatic rings. The van der Waals surface area contributed by atoms with Crippen LogP contribution in [0, 0.1) is 5.92 Å². The molecule has 0 aliphatic heterocycles. The molecular weight excluding hydrogens is 282 g/mol. The second-order valence-electron chi connectivity index (χ2n) is 5.35. The molecule has 1 aliphatic rings. The number of hydrogen-bond donors (Lipinski definition) is 1. The molecule has 108 valence electrons. The summed E-state index contributed by atoms with van der Waals surface area (Å²) in [5, 5.41) is 10.7. The minimum Gasteiger partial charge on any atom is -0.391 e. The van der Waals surface area contributed by atoms with Crippen LogP contribution in [0.5, 0.6) is 0 Å². The Morgan fingerprint density at radius 2 is 2.21 bits per heavy atom. The van der Waals surface area contributed by atoms with Gasteiger partial charge in [-0.3, -0.25) is 0 Å². The van der Waals surface area contributed by atoms with Gasteiger partial charge in [0.15, 0.2) is 0 Å². The number of sulfonamides is 1. The summed E-state index contributed by atoms with van der Waals surface area (Å²) in [5.74, 6) is 0.590. The van der Waals surface area contributed by atoms with Gasteiger partial charge >= 0.3 is 0 Å². The Balaban J connectivity index is 2.18. The molecular formula is C13H21NO3S2. The third-order valence-electron chi connectivity index (χ3n) is 3.89. The summed E-state index contributed by atoms with van der Waals surface area (Å²) >= 11 is 1.29. The van der Waals surface area contributed by atoms with E-state index in [0.29, 0.717) is 15.7 Å². The SMILES string of the molecule is CC1CCCC(N(C)S(=O)(=O)c2csc(CO)c2)C1. The van der Waals surface area contributed by atoms with Gasteiger partial charge in [-0.2, -0.15) is 4.31 Å². The Hall–Kier alpha value is -0.430. The van der Waals surface area contributed by atoms with Gasteiger partial charge in [0.25, 0.3) is 0 Å². The van der Waals surface area contributed by atoms with Crippen molar-refractivity contribution in [3.8, 4) is 0 Å². The van der Waals surface area contributed by atoms with Gasteiger partial charge in [0.1, 0.15) is 0 Å². The van der Waals surface area contributed by atoms with E-state index in [9.17, 15) is 8.42 Å². The third-order valence-corrected chi connectivity index (χ3v) is 6.84. The van der Waals surface area contributed by atoms with E-state index < -0.39 is 10.0 Å². The molecule has 0 spiro atoms. The largest absolute Gasteiger partial charge is 0.391 e. The molecule has 0 bridgehead atoms. The second kappa shape index (κ2) is 5.91. The molecule has 1 aliphatic carbocycles. The molecule has 1 aromatic heterocycles.